The predicted molar refractivity (Wildman–Crippen MR) is 115 cm³/mol. The number of hydrogen-bond donors (Lipinski definition) is 2. The summed E-state index contributed by atoms with van der Waals surface area (Å²) in [7, 11) is 0. The summed E-state index contributed by atoms with van der Waals surface area (Å²) < 4.78 is 16.2. The zero-order valence-corrected chi connectivity index (χ0v) is 20.0. The van der Waals surface area contributed by atoms with E-state index in [1.807, 2.05) is 76.2 Å². The van der Waals surface area contributed by atoms with E-state index in [1.54, 1.807) is 0 Å². The van der Waals surface area contributed by atoms with Gasteiger partial charge < -0.3 is 24.4 Å². The van der Waals surface area contributed by atoms with Crippen molar-refractivity contribution in [3.05, 3.63) is 0 Å². The van der Waals surface area contributed by atoms with E-state index >= 15 is 0 Å². The molecule has 2 N–H and O–H groups in total. The fraction of sp³-hybridized carbons (Fsp3) is 1.00. The SMILES string of the molecule is CC(C)OC(C)(CCO)CCCO.CC(C)OC(C)C.CC(C)OC(C)C. The van der Waals surface area contributed by atoms with Gasteiger partial charge in [0.05, 0.1) is 36.1 Å². The molecular formula is C22H50O5. The molecule has 0 bridgehead atoms. The molecule has 0 aromatic rings. The molecule has 0 saturated carbocycles. The van der Waals surface area contributed by atoms with E-state index < -0.39 is 0 Å². The predicted octanol–water partition coefficient (Wildman–Crippen LogP) is 4.96. The van der Waals surface area contributed by atoms with Crippen molar-refractivity contribution in [2.75, 3.05) is 13.2 Å². The number of ether oxygens (including phenoxy) is 3. The van der Waals surface area contributed by atoms with Crippen LogP contribution in [0.2, 0.25) is 0 Å². The van der Waals surface area contributed by atoms with Crippen molar-refractivity contribution < 1.29 is 24.4 Å². The lowest BCUT2D eigenvalue weighted by Gasteiger charge is -2.31. The van der Waals surface area contributed by atoms with Gasteiger partial charge in [-0.2, -0.15) is 0 Å². The van der Waals surface area contributed by atoms with Crippen LogP contribution >= 0.6 is 0 Å². The van der Waals surface area contributed by atoms with E-state index in [2.05, 4.69) is 0 Å². The molecule has 5 heteroatoms. The molecular weight excluding hydrogens is 344 g/mol. The smallest absolute Gasteiger partial charge is 0.0680 e. The summed E-state index contributed by atoms with van der Waals surface area (Å²) in [5, 5.41) is 17.6. The van der Waals surface area contributed by atoms with Gasteiger partial charge in [-0.1, -0.05) is 0 Å². The van der Waals surface area contributed by atoms with Gasteiger partial charge in [-0.25, -0.2) is 0 Å². The second-order valence-electron chi connectivity index (χ2n) is 8.38. The first kappa shape index (κ1) is 31.5. The maximum absolute atomic E-state index is 8.87. The zero-order chi connectivity index (χ0) is 22.0. The van der Waals surface area contributed by atoms with Gasteiger partial charge >= 0.3 is 0 Å². The van der Waals surface area contributed by atoms with Crippen LogP contribution in [0.5, 0.6) is 0 Å². The van der Waals surface area contributed by atoms with Crippen LogP contribution in [0, 0.1) is 0 Å². The van der Waals surface area contributed by atoms with Gasteiger partial charge in [0.1, 0.15) is 0 Å². The summed E-state index contributed by atoms with van der Waals surface area (Å²) in [5.41, 5.74) is -0.286. The maximum Gasteiger partial charge on any atom is 0.0680 e. The highest BCUT2D eigenvalue weighted by molar-refractivity contribution is 4.75. The molecule has 0 amide bonds. The number of hydrogen-bond acceptors (Lipinski definition) is 5. The van der Waals surface area contributed by atoms with Crippen molar-refractivity contribution in [2.24, 2.45) is 0 Å². The van der Waals surface area contributed by atoms with Crippen LogP contribution in [-0.2, 0) is 14.2 Å². The fourth-order valence-corrected chi connectivity index (χ4v) is 2.59. The van der Waals surface area contributed by atoms with Crippen LogP contribution in [0.1, 0.15) is 95.4 Å². The number of rotatable bonds is 11. The van der Waals surface area contributed by atoms with E-state index in [4.69, 9.17) is 24.4 Å². The Hall–Kier alpha value is -0.200. The lowest BCUT2D eigenvalue weighted by molar-refractivity contribution is -0.0867. The first-order chi connectivity index (χ1) is 12.3. The molecule has 168 valence electrons. The Morgan fingerprint density at radius 1 is 0.593 bits per heavy atom. The van der Waals surface area contributed by atoms with Gasteiger partial charge in [-0.05, 0) is 95.4 Å². The van der Waals surface area contributed by atoms with E-state index in [0.717, 1.165) is 12.8 Å². The lowest BCUT2D eigenvalue weighted by atomic mass is 9.96. The van der Waals surface area contributed by atoms with Gasteiger partial charge in [0.25, 0.3) is 0 Å². The van der Waals surface area contributed by atoms with Crippen LogP contribution in [-0.4, -0.2) is 59.5 Å². The van der Waals surface area contributed by atoms with Gasteiger partial charge in [-0.3, -0.25) is 0 Å². The first-order valence-corrected chi connectivity index (χ1v) is 10.5. The largest absolute Gasteiger partial charge is 0.396 e. The molecule has 1 unspecified atom stereocenters. The standard InChI is InChI=1S/C10H22O3.2C6H14O/c1-9(2)13-10(3,6-8-12)5-4-7-11;2*1-5(2)7-6(3)4/h9,11-12H,4-8H2,1-3H3;2*5-6H,1-4H3. The molecule has 0 rings (SSSR count). The minimum Gasteiger partial charge on any atom is -0.396 e. The quantitative estimate of drug-likeness (QED) is 0.518. The highest BCUT2D eigenvalue weighted by Gasteiger charge is 2.24. The number of aliphatic hydroxyl groups is 2. The maximum atomic E-state index is 8.87. The third kappa shape index (κ3) is 30.8. The van der Waals surface area contributed by atoms with Crippen molar-refractivity contribution in [1.82, 2.24) is 0 Å². The third-order valence-corrected chi connectivity index (χ3v) is 3.11. The topological polar surface area (TPSA) is 68.2 Å². The minimum absolute atomic E-state index is 0.134. The van der Waals surface area contributed by atoms with Crippen LogP contribution in [0.3, 0.4) is 0 Å². The Bertz CT molecular complexity index is 264. The van der Waals surface area contributed by atoms with E-state index in [9.17, 15) is 0 Å². The second-order valence-corrected chi connectivity index (χ2v) is 8.38. The Morgan fingerprint density at radius 2 is 0.963 bits per heavy atom. The molecule has 5 nitrogen and oxygen atoms in total. The van der Waals surface area contributed by atoms with Crippen LogP contribution in [0.4, 0.5) is 0 Å². The van der Waals surface area contributed by atoms with Gasteiger partial charge in [-0.15, -0.1) is 0 Å². The molecule has 0 aliphatic rings. The Morgan fingerprint density at radius 3 is 1.15 bits per heavy atom. The normalized spacial score (nSPS) is 13.6. The summed E-state index contributed by atoms with van der Waals surface area (Å²) in [6.07, 6.45) is 3.81. The first-order valence-electron chi connectivity index (χ1n) is 10.5. The summed E-state index contributed by atoms with van der Waals surface area (Å²) in [6, 6.07) is 0. The van der Waals surface area contributed by atoms with Crippen LogP contribution < -0.4 is 0 Å². The Labute approximate surface area is 169 Å². The average molecular weight is 395 g/mol. The van der Waals surface area contributed by atoms with Crippen molar-refractivity contribution >= 4 is 0 Å². The molecule has 0 aromatic heterocycles. The highest BCUT2D eigenvalue weighted by Crippen LogP contribution is 2.23. The molecule has 0 spiro atoms. The molecule has 1 atom stereocenters. The molecule has 0 fully saturated rings. The molecule has 0 heterocycles. The van der Waals surface area contributed by atoms with Crippen molar-refractivity contribution in [2.45, 2.75) is 132 Å². The van der Waals surface area contributed by atoms with E-state index in [1.165, 1.54) is 0 Å². The van der Waals surface area contributed by atoms with E-state index in [-0.39, 0.29) is 24.9 Å². The summed E-state index contributed by atoms with van der Waals surface area (Å²) >= 11 is 0. The van der Waals surface area contributed by atoms with Gasteiger partial charge in [0, 0.05) is 13.2 Å². The van der Waals surface area contributed by atoms with Gasteiger partial charge in [0.15, 0.2) is 0 Å². The molecule has 0 aliphatic heterocycles. The minimum atomic E-state index is -0.286. The Balaban J connectivity index is -0.000000350. The highest BCUT2D eigenvalue weighted by atomic mass is 16.5. The van der Waals surface area contributed by atoms with E-state index in [0.29, 0.717) is 30.8 Å². The van der Waals surface area contributed by atoms with Crippen LogP contribution in [0.25, 0.3) is 0 Å². The molecule has 0 radical (unpaired) electrons. The second kappa shape index (κ2) is 19.1. The fourth-order valence-electron chi connectivity index (χ4n) is 2.59. The molecule has 0 aromatic carbocycles. The average Bonchev–Trinajstić information content (AvgIpc) is 2.42. The monoisotopic (exact) mass is 394 g/mol. The summed E-state index contributed by atoms with van der Waals surface area (Å²) in [5.74, 6) is 0. The summed E-state index contributed by atoms with van der Waals surface area (Å²) in [4.78, 5) is 0. The number of aliphatic hydroxyl groups excluding tert-OH is 2. The summed E-state index contributed by atoms with van der Waals surface area (Å²) in [6.45, 7) is 22.6. The molecule has 27 heavy (non-hydrogen) atoms. The lowest BCUT2D eigenvalue weighted by Crippen LogP contribution is -2.33. The van der Waals surface area contributed by atoms with Crippen molar-refractivity contribution in [3.8, 4) is 0 Å². The molecule has 0 aliphatic carbocycles. The van der Waals surface area contributed by atoms with Crippen molar-refractivity contribution in [3.63, 3.8) is 0 Å². The third-order valence-electron chi connectivity index (χ3n) is 3.11. The van der Waals surface area contributed by atoms with Gasteiger partial charge in [0.2, 0.25) is 0 Å². The Kier molecular flexibility index (Phi) is 22.3. The van der Waals surface area contributed by atoms with Crippen LogP contribution in [0.15, 0.2) is 0 Å². The zero-order valence-electron chi connectivity index (χ0n) is 20.0. The van der Waals surface area contributed by atoms with Crippen molar-refractivity contribution in [1.29, 1.82) is 0 Å². The molecule has 0 saturated heterocycles.